The zero-order valence-electron chi connectivity index (χ0n) is 16.4. The van der Waals surface area contributed by atoms with Gasteiger partial charge in [0.15, 0.2) is 0 Å². The van der Waals surface area contributed by atoms with E-state index in [1.54, 1.807) is 30.5 Å². The highest BCUT2D eigenvalue weighted by Crippen LogP contribution is 2.25. The number of aromatic nitrogens is 1. The number of nitrogens with one attached hydrogen (secondary N) is 1. The van der Waals surface area contributed by atoms with Crippen LogP contribution in [0.5, 0.6) is 0 Å². The lowest BCUT2D eigenvalue weighted by atomic mass is 10.1. The van der Waals surface area contributed by atoms with Gasteiger partial charge in [0.1, 0.15) is 0 Å². The van der Waals surface area contributed by atoms with Crippen LogP contribution in [0, 0.1) is 13.8 Å². The number of hydrazone groups is 1. The number of aryl methyl sites for hydroxylation is 1. The van der Waals surface area contributed by atoms with Gasteiger partial charge in [-0.25, -0.2) is 4.79 Å². The first-order chi connectivity index (χ1) is 13.9. The summed E-state index contributed by atoms with van der Waals surface area (Å²) in [6.45, 7) is 4.38. The molecule has 1 aromatic heterocycles. The molecule has 0 radical (unpaired) electrons. The van der Waals surface area contributed by atoms with Crippen molar-refractivity contribution >= 4 is 35.4 Å². The highest BCUT2D eigenvalue weighted by atomic mass is 35.5. The third-order valence-corrected chi connectivity index (χ3v) is 5.34. The molecule has 0 aliphatic carbocycles. The van der Waals surface area contributed by atoms with Crippen LogP contribution in [-0.2, 0) is 11.3 Å². The summed E-state index contributed by atoms with van der Waals surface area (Å²) >= 11 is 12.4. The molecule has 0 spiro atoms. The lowest BCUT2D eigenvalue weighted by Crippen LogP contribution is -2.10. The first-order valence-electron chi connectivity index (χ1n) is 8.99. The van der Waals surface area contributed by atoms with E-state index < -0.39 is 0 Å². The van der Waals surface area contributed by atoms with Crippen molar-refractivity contribution in [3.63, 3.8) is 0 Å². The van der Waals surface area contributed by atoms with Crippen LogP contribution in [0.2, 0.25) is 10.0 Å². The fourth-order valence-electron chi connectivity index (χ4n) is 3.18. The Morgan fingerprint density at radius 1 is 1.14 bits per heavy atom. The quantitative estimate of drug-likeness (QED) is 0.328. The summed E-state index contributed by atoms with van der Waals surface area (Å²) in [4.78, 5) is 12.1. The van der Waals surface area contributed by atoms with Crippen LogP contribution >= 0.6 is 23.2 Å². The number of halogens is 2. The van der Waals surface area contributed by atoms with Crippen molar-refractivity contribution in [3.05, 3.63) is 86.7 Å². The third-order valence-electron chi connectivity index (χ3n) is 4.63. The molecule has 3 aromatic rings. The number of hydrogen-bond donors (Lipinski definition) is 1. The molecule has 150 valence electrons. The molecule has 0 aliphatic heterocycles. The number of para-hydroxylation sites is 1. The summed E-state index contributed by atoms with van der Waals surface area (Å²) in [5.41, 5.74) is 7.92. The van der Waals surface area contributed by atoms with Gasteiger partial charge < -0.3 is 14.7 Å². The molecule has 3 rings (SSSR count). The zero-order chi connectivity index (χ0) is 21.0. The van der Waals surface area contributed by atoms with Crippen LogP contribution in [0.4, 0.5) is 0 Å². The number of hydrogen-bond acceptors (Lipinski definition) is 4. The van der Waals surface area contributed by atoms with Crippen LogP contribution in [0.25, 0.3) is 5.69 Å². The lowest BCUT2D eigenvalue weighted by molar-refractivity contribution is 0.0601. The van der Waals surface area contributed by atoms with E-state index >= 15 is 0 Å². The Labute approximate surface area is 179 Å². The van der Waals surface area contributed by atoms with Crippen molar-refractivity contribution in [2.75, 3.05) is 7.11 Å². The first kappa shape index (κ1) is 21.0. The van der Waals surface area contributed by atoms with Crippen molar-refractivity contribution in [2.45, 2.75) is 20.4 Å². The van der Waals surface area contributed by atoms with Gasteiger partial charge in [0.25, 0.3) is 0 Å². The monoisotopic (exact) mass is 429 g/mol. The predicted molar refractivity (Wildman–Crippen MR) is 117 cm³/mol. The Bertz CT molecular complexity index is 1050. The highest BCUT2D eigenvalue weighted by Gasteiger charge is 2.16. The van der Waals surface area contributed by atoms with E-state index in [9.17, 15) is 4.79 Å². The molecule has 0 aliphatic rings. The summed E-state index contributed by atoms with van der Waals surface area (Å²) < 4.78 is 6.93. The number of rotatable bonds is 6. The number of ether oxygens (including phenoxy) is 1. The van der Waals surface area contributed by atoms with E-state index in [0.29, 0.717) is 22.2 Å². The minimum atomic E-state index is -0.374. The molecule has 0 saturated heterocycles. The van der Waals surface area contributed by atoms with Crippen LogP contribution in [0.15, 0.2) is 53.6 Å². The van der Waals surface area contributed by atoms with E-state index in [1.165, 1.54) is 7.11 Å². The maximum atomic E-state index is 12.1. The molecule has 1 N–H and O–H groups in total. The molecule has 5 nitrogen and oxygen atoms in total. The molecule has 2 aromatic carbocycles. The fraction of sp³-hybridized carbons (Fsp3) is 0.182. The van der Waals surface area contributed by atoms with Crippen LogP contribution in [0.3, 0.4) is 0 Å². The third kappa shape index (κ3) is 4.47. The molecule has 0 fully saturated rings. The van der Waals surface area contributed by atoms with Crippen molar-refractivity contribution in [3.8, 4) is 5.69 Å². The summed E-state index contributed by atoms with van der Waals surface area (Å²) in [6.07, 6.45) is 1.74. The average Bonchev–Trinajstić information content (AvgIpc) is 2.99. The van der Waals surface area contributed by atoms with E-state index in [-0.39, 0.29) is 5.97 Å². The zero-order valence-corrected chi connectivity index (χ0v) is 17.9. The lowest BCUT2D eigenvalue weighted by Gasteiger charge is -2.13. The van der Waals surface area contributed by atoms with Gasteiger partial charge in [0, 0.05) is 32.6 Å². The summed E-state index contributed by atoms with van der Waals surface area (Å²) in [5, 5.41) is 5.49. The molecule has 1 heterocycles. The molecule has 7 heteroatoms. The second-order valence-corrected chi connectivity index (χ2v) is 7.28. The molecule has 0 unspecified atom stereocenters. The fourth-order valence-corrected chi connectivity index (χ4v) is 3.71. The number of carbonyl (C=O) groups is 1. The van der Waals surface area contributed by atoms with Gasteiger partial charge in [-0.05, 0) is 44.2 Å². The highest BCUT2D eigenvalue weighted by molar-refractivity contribution is 6.35. The smallest absolute Gasteiger partial charge is 0.339 e. The SMILES string of the molecule is COC(=O)c1ccccc1-n1c(C)cc(/C=N\NCc2c(Cl)cccc2Cl)c1C. The van der Waals surface area contributed by atoms with E-state index in [4.69, 9.17) is 27.9 Å². The Balaban J connectivity index is 1.84. The van der Waals surface area contributed by atoms with Crippen molar-refractivity contribution in [1.82, 2.24) is 9.99 Å². The second-order valence-electron chi connectivity index (χ2n) is 6.46. The number of benzene rings is 2. The van der Waals surface area contributed by atoms with Crippen LogP contribution in [0.1, 0.15) is 32.9 Å². The predicted octanol–water partition coefficient (Wildman–Crippen LogP) is 5.31. The molecule has 0 amide bonds. The first-order valence-corrected chi connectivity index (χ1v) is 9.75. The molecule has 0 atom stereocenters. The van der Waals surface area contributed by atoms with Gasteiger partial charge in [-0.3, -0.25) is 0 Å². The van der Waals surface area contributed by atoms with Gasteiger partial charge in [-0.1, -0.05) is 41.4 Å². The molecule has 0 bridgehead atoms. The summed E-state index contributed by atoms with van der Waals surface area (Å²) in [6, 6.07) is 14.8. The maximum Gasteiger partial charge on any atom is 0.339 e. The van der Waals surface area contributed by atoms with Gasteiger partial charge in [0.05, 0.1) is 31.1 Å². The van der Waals surface area contributed by atoms with Gasteiger partial charge >= 0.3 is 5.97 Å². The van der Waals surface area contributed by atoms with E-state index in [1.807, 2.05) is 42.7 Å². The van der Waals surface area contributed by atoms with Gasteiger partial charge in [-0.2, -0.15) is 5.10 Å². The van der Waals surface area contributed by atoms with Crippen LogP contribution < -0.4 is 5.43 Å². The Hall–Kier alpha value is -2.76. The molecular formula is C22H21Cl2N3O2. The van der Waals surface area contributed by atoms with Gasteiger partial charge in [-0.15, -0.1) is 0 Å². The standard InChI is InChI=1S/C22H21Cl2N3O2/c1-14-11-16(12-25-26-13-18-19(23)8-6-9-20(18)24)15(2)27(14)21-10-5-4-7-17(21)22(28)29-3/h4-12,26H,13H2,1-3H3/b25-12-. The van der Waals surface area contributed by atoms with Gasteiger partial charge in [0.2, 0.25) is 0 Å². The number of nitrogens with zero attached hydrogens (tertiary/aromatic N) is 2. The Morgan fingerprint density at radius 2 is 1.83 bits per heavy atom. The molecule has 29 heavy (non-hydrogen) atoms. The maximum absolute atomic E-state index is 12.1. The number of carbonyl (C=O) groups excluding carboxylic acids is 1. The molecular weight excluding hydrogens is 409 g/mol. The topological polar surface area (TPSA) is 55.6 Å². The largest absolute Gasteiger partial charge is 0.465 e. The number of esters is 1. The van der Waals surface area contributed by atoms with E-state index in [0.717, 1.165) is 28.2 Å². The minimum absolute atomic E-state index is 0.374. The summed E-state index contributed by atoms with van der Waals surface area (Å²) in [5.74, 6) is -0.374. The van der Waals surface area contributed by atoms with Crippen molar-refractivity contribution in [2.24, 2.45) is 5.10 Å². The average molecular weight is 430 g/mol. The Kier molecular flexibility index (Phi) is 6.62. The van der Waals surface area contributed by atoms with Crippen LogP contribution in [-0.4, -0.2) is 23.9 Å². The van der Waals surface area contributed by atoms with E-state index in [2.05, 4.69) is 10.5 Å². The molecule has 0 saturated carbocycles. The van der Waals surface area contributed by atoms with Crippen molar-refractivity contribution < 1.29 is 9.53 Å². The summed E-state index contributed by atoms with van der Waals surface area (Å²) in [7, 11) is 1.38. The second kappa shape index (κ2) is 9.16. The van der Waals surface area contributed by atoms with Crippen molar-refractivity contribution in [1.29, 1.82) is 0 Å². The normalized spacial score (nSPS) is 11.1. The Morgan fingerprint density at radius 3 is 2.52 bits per heavy atom. The number of methoxy groups -OCH3 is 1. The minimum Gasteiger partial charge on any atom is -0.465 e.